The summed E-state index contributed by atoms with van der Waals surface area (Å²) in [4.78, 5) is 13.3. The molecule has 2 aromatic rings. The molecule has 0 bridgehead atoms. The SMILES string of the molecule is Cc1cc(C)c2c(N[C@@H]3COC4(CCCC4)C3)ncnc2n1. The van der Waals surface area contributed by atoms with Gasteiger partial charge in [0.1, 0.15) is 12.1 Å². The molecule has 1 aliphatic carbocycles. The normalized spacial score (nSPS) is 23.5. The number of nitrogens with one attached hydrogen (secondary N) is 1. The maximum Gasteiger partial charge on any atom is 0.165 e. The van der Waals surface area contributed by atoms with E-state index < -0.39 is 0 Å². The Morgan fingerprint density at radius 3 is 2.86 bits per heavy atom. The Bertz CT molecular complexity index is 709. The Hall–Kier alpha value is -1.75. The molecule has 0 radical (unpaired) electrons. The molecular weight excluding hydrogens is 276 g/mol. The highest BCUT2D eigenvalue weighted by atomic mass is 16.5. The summed E-state index contributed by atoms with van der Waals surface area (Å²) in [5.74, 6) is 0.888. The van der Waals surface area contributed by atoms with Crippen molar-refractivity contribution in [3.63, 3.8) is 0 Å². The van der Waals surface area contributed by atoms with Gasteiger partial charge in [0, 0.05) is 5.69 Å². The summed E-state index contributed by atoms with van der Waals surface area (Å²) in [6.45, 7) is 4.86. The first kappa shape index (κ1) is 13.9. The molecule has 1 saturated heterocycles. The highest BCUT2D eigenvalue weighted by molar-refractivity contribution is 5.89. The zero-order valence-corrected chi connectivity index (χ0v) is 13.2. The lowest BCUT2D eigenvalue weighted by Crippen LogP contribution is -2.25. The van der Waals surface area contributed by atoms with Crippen molar-refractivity contribution in [2.24, 2.45) is 0 Å². The van der Waals surface area contributed by atoms with Gasteiger partial charge < -0.3 is 10.1 Å². The molecule has 3 heterocycles. The van der Waals surface area contributed by atoms with Crippen molar-refractivity contribution < 1.29 is 4.74 Å². The summed E-state index contributed by atoms with van der Waals surface area (Å²) in [6, 6.07) is 2.41. The molecule has 0 amide bonds. The third-order valence-electron chi connectivity index (χ3n) is 4.99. The molecule has 1 spiro atoms. The summed E-state index contributed by atoms with van der Waals surface area (Å²) in [7, 11) is 0. The minimum absolute atomic E-state index is 0.129. The quantitative estimate of drug-likeness (QED) is 0.923. The van der Waals surface area contributed by atoms with Gasteiger partial charge in [0.25, 0.3) is 0 Å². The fourth-order valence-corrected chi connectivity index (χ4v) is 4.02. The topological polar surface area (TPSA) is 59.9 Å². The molecule has 2 fully saturated rings. The second-order valence-corrected chi connectivity index (χ2v) is 6.75. The van der Waals surface area contributed by atoms with E-state index in [0.29, 0.717) is 6.04 Å². The smallest absolute Gasteiger partial charge is 0.165 e. The number of aryl methyl sites for hydroxylation is 2. The predicted octanol–water partition coefficient (Wildman–Crippen LogP) is 3.16. The molecule has 116 valence electrons. The molecule has 2 aliphatic rings. The van der Waals surface area contributed by atoms with E-state index in [1.54, 1.807) is 6.33 Å². The van der Waals surface area contributed by atoms with Gasteiger partial charge in [-0.05, 0) is 44.7 Å². The van der Waals surface area contributed by atoms with Crippen LogP contribution in [0.4, 0.5) is 5.82 Å². The Morgan fingerprint density at radius 2 is 2.05 bits per heavy atom. The molecule has 22 heavy (non-hydrogen) atoms. The third-order valence-corrected chi connectivity index (χ3v) is 4.99. The van der Waals surface area contributed by atoms with Crippen LogP contribution in [0.3, 0.4) is 0 Å². The van der Waals surface area contributed by atoms with Crippen molar-refractivity contribution in [3.8, 4) is 0 Å². The molecule has 0 aromatic carbocycles. The molecule has 1 saturated carbocycles. The molecule has 5 nitrogen and oxygen atoms in total. The number of nitrogens with zero attached hydrogens (tertiary/aromatic N) is 3. The zero-order chi connectivity index (χ0) is 15.2. The molecule has 4 rings (SSSR count). The minimum atomic E-state index is 0.129. The number of pyridine rings is 1. The molecular formula is C17H22N4O. The Kier molecular flexibility index (Phi) is 3.26. The molecule has 5 heteroatoms. The second kappa shape index (κ2) is 5.16. The van der Waals surface area contributed by atoms with Crippen molar-refractivity contribution in [1.29, 1.82) is 0 Å². The Balaban J connectivity index is 1.62. The Labute approximate surface area is 130 Å². The fourth-order valence-electron chi connectivity index (χ4n) is 4.02. The fraction of sp³-hybridized carbons (Fsp3) is 0.588. The van der Waals surface area contributed by atoms with Crippen LogP contribution in [0.25, 0.3) is 11.0 Å². The van der Waals surface area contributed by atoms with Gasteiger partial charge in [0.2, 0.25) is 0 Å². The third kappa shape index (κ3) is 2.33. The lowest BCUT2D eigenvalue weighted by molar-refractivity contribution is 0.0103. The lowest BCUT2D eigenvalue weighted by atomic mass is 9.96. The highest BCUT2D eigenvalue weighted by Crippen LogP contribution is 2.41. The maximum absolute atomic E-state index is 6.13. The summed E-state index contributed by atoms with van der Waals surface area (Å²) in [6.07, 6.45) is 7.68. The summed E-state index contributed by atoms with van der Waals surface area (Å²) in [5.41, 5.74) is 3.05. The van der Waals surface area contributed by atoms with E-state index in [1.165, 1.54) is 31.2 Å². The molecule has 2 aromatic heterocycles. The van der Waals surface area contributed by atoms with Crippen LogP contribution in [0, 0.1) is 13.8 Å². The van der Waals surface area contributed by atoms with Crippen molar-refractivity contribution >= 4 is 16.9 Å². The maximum atomic E-state index is 6.13. The predicted molar refractivity (Wildman–Crippen MR) is 86.0 cm³/mol. The van der Waals surface area contributed by atoms with Crippen molar-refractivity contribution in [3.05, 3.63) is 23.7 Å². The van der Waals surface area contributed by atoms with Gasteiger partial charge in [-0.3, -0.25) is 0 Å². The van der Waals surface area contributed by atoms with Gasteiger partial charge in [-0.25, -0.2) is 15.0 Å². The van der Waals surface area contributed by atoms with Gasteiger partial charge >= 0.3 is 0 Å². The van der Waals surface area contributed by atoms with Crippen LogP contribution in [0.5, 0.6) is 0 Å². The van der Waals surface area contributed by atoms with Gasteiger partial charge in [-0.1, -0.05) is 12.8 Å². The van der Waals surface area contributed by atoms with Crippen LogP contribution in [-0.4, -0.2) is 33.2 Å². The summed E-state index contributed by atoms with van der Waals surface area (Å²) >= 11 is 0. The van der Waals surface area contributed by atoms with Crippen LogP contribution in [0.2, 0.25) is 0 Å². The van der Waals surface area contributed by atoms with E-state index in [2.05, 4.69) is 33.3 Å². The molecule has 0 unspecified atom stereocenters. The van der Waals surface area contributed by atoms with Gasteiger partial charge in [-0.2, -0.15) is 0 Å². The average Bonchev–Trinajstić information content (AvgIpc) is 3.09. The number of aromatic nitrogens is 3. The number of ether oxygens (including phenoxy) is 1. The molecule has 1 N–H and O–H groups in total. The van der Waals surface area contributed by atoms with Crippen molar-refractivity contribution in [2.75, 3.05) is 11.9 Å². The monoisotopic (exact) mass is 298 g/mol. The number of rotatable bonds is 2. The first-order valence-electron chi connectivity index (χ1n) is 8.15. The first-order valence-corrected chi connectivity index (χ1v) is 8.15. The number of hydrogen-bond acceptors (Lipinski definition) is 5. The van der Waals surface area contributed by atoms with Crippen molar-refractivity contribution in [1.82, 2.24) is 15.0 Å². The van der Waals surface area contributed by atoms with E-state index in [9.17, 15) is 0 Å². The zero-order valence-electron chi connectivity index (χ0n) is 13.2. The van der Waals surface area contributed by atoms with Crippen LogP contribution < -0.4 is 5.32 Å². The van der Waals surface area contributed by atoms with Crippen molar-refractivity contribution in [2.45, 2.75) is 57.6 Å². The van der Waals surface area contributed by atoms with Gasteiger partial charge in [0.05, 0.1) is 23.6 Å². The number of hydrogen-bond donors (Lipinski definition) is 1. The van der Waals surface area contributed by atoms with E-state index in [0.717, 1.165) is 35.6 Å². The largest absolute Gasteiger partial charge is 0.373 e. The standard InChI is InChI=1S/C17H22N4O/c1-11-7-12(2)20-15-14(11)16(19-10-18-15)21-13-8-17(22-9-13)5-3-4-6-17/h7,10,13H,3-6,8-9H2,1-2H3,(H,18,19,20,21)/t13-/m0/s1. The van der Waals surface area contributed by atoms with Crippen LogP contribution in [-0.2, 0) is 4.74 Å². The first-order chi connectivity index (χ1) is 10.7. The van der Waals surface area contributed by atoms with Crippen LogP contribution in [0.1, 0.15) is 43.4 Å². The van der Waals surface area contributed by atoms with Crippen LogP contribution in [0.15, 0.2) is 12.4 Å². The highest BCUT2D eigenvalue weighted by Gasteiger charge is 2.42. The van der Waals surface area contributed by atoms with Gasteiger partial charge in [-0.15, -0.1) is 0 Å². The molecule has 1 atom stereocenters. The lowest BCUT2D eigenvalue weighted by Gasteiger charge is -2.21. The van der Waals surface area contributed by atoms with E-state index >= 15 is 0 Å². The van der Waals surface area contributed by atoms with Gasteiger partial charge in [0.15, 0.2) is 5.65 Å². The average molecular weight is 298 g/mol. The number of fused-ring (bicyclic) bond motifs is 1. The minimum Gasteiger partial charge on any atom is -0.373 e. The van der Waals surface area contributed by atoms with Crippen LogP contribution >= 0.6 is 0 Å². The van der Waals surface area contributed by atoms with E-state index in [1.807, 2.05) is 6.92 Å². The number of anilines is 1. The summed E-state index contributed by atoms with van der Waals surface area (Å²) in [5, 5.41) is 4.61. The van der Waals surface area contributed by atoms with E-state index in [-0.39, 0.29) is 5.60 Å². The Morgan fingerprint density at radius 1 is 1.23 bits per heavy atom. The summed E-state index contributed by atoms with van der Waals surface area (Å²) < 4.78 is 6.13. The molecule has 1 aliphatic heterocycles. The second-order valence-electron chi connectivity index (χ2n) is 6.75. The van der Waals surface area contributed by atoms with E-state index in [4.69, 9.17) is 4.74 Å².